The van der Waals surface area contributed by atoms with E-state index in [1.54, 1.807) is 30.5 Å². The molecule has 0 aliphatic carbocycles. The topological polar surface area (TPSA) is 84.1 Å². The molecule has 1 amide bonds. The minimum atomic E-state index is -0.350. The molecule has 0 atom stereocenters. The van der Waals surface area contributed by atoms with E-state index in [0.717, 1.165) is 17.0 Å². The van der Waals surface area contributed by atoms with E-state index < -0.39 is 0 Å². The molecule has 1 aromatic heterocycles. The Morgan fingerprint density at radius 2 is 2.22 bits per heavy atom. The Hall–Kier alpha value is -2.59. The third-order valence-corrected chi connectivity index (χ3v) is 3.90. The summed E-state index contributed by atoms with van der Waals surface area (Å²) in [6.07, 6.45) is -0.0691. The van der Waals surface area contributed by atoms with Crippen molar-refractivity contribution in [2.45, 2.75) is 33.4 Å². The van der Waals surface area contributed by atoms with Gasteiger partial charge in [-0.25, -0.2) is 0 Å². The summed E-state index contributed by atoms with van der Waals surface area (Å²) in [6.45, 7) is 5.44. The molecule has 0 radical (unpaired) electrons. The summed E-state index contributed by atoms with van der Waals surface area (Å²) < 4.78 is 7.04. The Balaban J connectivity index is 2.22. The van der Waals surface area contributed by atoms with E-state index >= 15 is 0 Å². The van der Waals surface area contributed by atoms with E-state index in [1.165, 1.54) is 4.57 Å². The second kappa shape index (κ2) is 7.11. The summed E-state index contributed by atoms with van der Waals surface area (Å²) in [5.41, 5.74) is 1.57. The maximum atomic E-state index is 12.2. The number of nitriles is 1. The number of hydrogen-bond acceptors (Lipinski definition) is 5. The normalized spacial score (nSPS) is 10.4. The maximum absolute atomic E-state index is 12.2. The molecule has 2 aromatic rings. The average molecular weight is 331 g/mol. The van der Waals surface area contributed by atoms with Crippen molar-refractivity contribution in [3.8, 4) is 11.8 Å². The standard InChI is InChI=1S/C16H17N3O3S/c1-10(2)22-14-5-4-12(7-17)6-13(14)18-15(20)8-19-11(3)9-23-16(19)21/h4-6,9-10H,8H2,1-3H3,(H,18,20). The van der Waals surface area contributed by atoms with Crippen LogP contribution in [0, 0.1) is 18.3 Å². The monoisotopic (exact) mass is 331 g/mol. The molecule has 2 rings (SSSR count). The van der Waals surface area contributed by atoms with Crippen molar-refractivity contribution in [1.82, 2.24) is 4.57 Å². The first kappa shape index (κ1) is 16.8. The number of nitrogens with one attached hydrogen (secondary N) is 1. The van der Waals surface area contributed by atoms with Gasteiger partial charge in [-0.15, -0.1) is 0 Å². The summed E-state index contributed by atoms with van der Waals surface area (Å²) in [4.78, 5) is 23.7. The lowest BCUT2D eigenvalue weighted by atomic mass is 10.2. The van der Waals surface area contributed by atoms with Gasteiger partial charge in [0.05, 0.1) is 23.4 Å². The quantitative estimate of drug-likeness (QED) is 0.912. The molecule has 6 nitrogen and oxygen atoms in total. The molecular weight excluding hydrogens is 314 g/mol. The third-order valence-electron chi connectivity index (χ3n) is 3.02. The van der Waals surface area contributed by atoms with Crippen LogP contribution in [0.3, 0.4) is 0 Å². The van der Waals surface area contributed by atoms with Crippen LogP contribution in [0.5, 0.6) is 5.75 Å². The number of aromatic nitrogens is 1. The number of ether oxygens (including phenoxy) is 1. The summed E-state index contributed by atoms with van der Waals surface area (Å²) in [5, 5.41) is 13.4. The van der Waals surface area contributed by atoms with Crippen LogP contribution in [-0.2, 0) is 11.3 Å². The number of rotatable bonds is 5. The fourth-order valence-corrected chi connectivity index (χ4v) is 2.72. The Morgan fingerprint density at radius 1 is 1.48 bits per heavy atom. The van der Waals surface area contributed by atoms with Crippen molar-refractivity contribution < 1.29 is 9.53 Å². The zero-order chi connectivity index (χ0) is 17.0. The van der Waals surface area contributed by atoms with Crippen molar-refractivity contribution in [2.24, 2.45) is 0 Å². The van der Waals surface area contributed by atoms with Gasteiger partial charge in [0.2, 0.25) is 5.91 Å². The summed E-state index contributed by atoms with van der Waals surface area (Å²) in [7, 11) is 0. The SMILES string of the molecule is Cc1csc(=O)n1CC(=O)Nc1cc(C#N)ccc1OC(C)C. The largest absolute Gasteiger partial charge is 0.489 e. The Labute approximate surface area is 137 Å². The molecule has 0 aliphatic rings. The molecular formula is C16H17N3O3S. The van der Waals surface area contributed by atoms with Crippen LogP contribution in [0.15, 0.2) is 28.4 Å². The van der Waals surface area contributed by atoms with Crippen LogP contribution in [0.1, 0.15) is 25.1 Å². The lowest BCUT2D eigenvalue weighted by molar-refractivity contribution is -0.116. The van der Waals surface area contributed by atoms with Crippen LogP contribution in [0.2, 0.25) is 0 Å². The molecule has 0 spiro atoms. The van der Waals surface area contributed by atoms with Gasteiger partial charge in [0.25, 0.3) is 0 Å². The number of carbonyl (C=O) groups excluding carboxylic acids is 1. The molecule has 23 heavy (non-hydrogen) atoms. The zero-order valence-electron chi connectivity index (χ0n) is 13.1. The molecule has 0 bridgehead atoms. The highest BCUT2D eigenvalue weighted by molar-refractivity contribution is 7.07. The van der Waals surface area contributed by atoms with Crippen LogP contribution in [-0.4, -0.2) is 16.6 Å². The van der Waals surface area contributed by atoms with Gasteiger partial charge in [0.15, 0.2) is 0 Å². The number of amides is 1. The highest BCUT2D eigenvalue weighted by Gasteiger charge is 2.13. The molecule has 0 fully saturated rings. The van der Waals surface area contributed by atoms with Gasteiger partial charge < -0.3 is 10.1 Å². The predicted molar refractivity (Wildman–Crippen MR) is 88.9 cm³/mol. The number of carbonyl (C=O) groups is 1. The van der Waals surface area contributed by atoms with E-state index in [2.05, 4.69) is 5.32 Å². The van der Waals surface area contributed by atoms with Crippen LogP contribution >= 0.6 is 11.3 Å². The van der Waals surface area contributed by atoms with Crippen LogP contribution < -0.4 is 14.9 Å². The van der Waals surface area contributed by atoms with Gasteiger partial charge >= 0.3 is 4.87 Å². The number of aryl methyl sites for hydroxylation is 1. The second-order valence-corrected chi connectivity index (χ2v) is 6.09. The summed E-state index contributed by atoms with van der Waals surface area (Å²) in [6, 6.07) is 6.85. The van der Waals surface area contributed by atoms with E-state index in [0.29, 0.717) is 17.0 Å². The van der Waals surface area contributed by atoms with Crippen LogP contribution in [0.4, 0.5) is 5.69 Å². The first-order chi connectivity index (χ1) is 10.9. The lowest BCUT2D eigenvalue weighted by Crippen LogP contribution is -2.25. The zero-order valence-corrected chi connectivity index (χ0v) is 13.9. The number of hydrogen-bond donors (Lipinski definition) is 1. The predicted octanol–water partition coefficient (Wildman–Crippen LogP) is 2.52. The van der Waals surface area contributed by atoms with E-state index in [-0.39, 0.29) is 23.4 Å². The third kappa shape index (κ3) is 4.20. The Morgan fingerprint density at radius 3 is 2.78 bits per heavy atom. The van der Waals surface area contributed by atoms with E-state index in [4.69, 9.17) is 10.00 Å². The molecule has 0 saturated heterocycles. The fourth-order valence-electron chi connectivity index (χ4n) is 1.98. The highest BCUT2D eigenvalue weighted by Crippen LogP contribution is 2.26. The summed E-state index contributed by atoms with van der Waals surface area (Å²) in [5.74, 6) is 0.138. The van der Waals surface area contributed by atoms with Crippen LogP contribution in [0.25, 0.3) is 0 Å². The Bertz CT molecular complexity index is 815. The van der Waals surface area contributed by atoms with Crippen molar-refractivity contribution in [3.05, 3.63) is 44.5 Å². The second-order valence-electron chi connectivity index (χ2n) is 5.27. The van der Waals surface area contributed by atoms with Crippen molar-refractivity contribution in [2.75, 3.05) is 5.32 Å². The molecule has 0 aliphatic heterocycles. The molecule has 120 valence electrons. The molecule has 1 N–H and O–H groups in total. The summed E-state index contributed by atoms with van der Waals surface area (Å²) >= 11 is 1.06. The van der Waals surface area contributed by atoms with E-state index in [9.17, 15) is 9.59 Å². The van der Waals surface area contributed by atoms with Gasteiger partial charge in [-0.05, 0) is 39.0 Å². The van der Waals surface area contributed by atoms with Gasteiger partial charge in [0, 0.05) is 11.1 Å². The number of anilines is 1. The minimum absolute atomic E-state index is 0.0691. The van der Waals surface area contributed by atoms with Gasteiger partial charge in [-0.1, -0.05) is 11.3 Å². The maximum Gasteiger partial charge on any atom is 0.307 e. The van der Waals surface area contributed by atoms with Gasteiger partial charge in [0.1, 0.15) is 12.3 Å². The smallest absolute Gasteiger partial charge is 0.307 e. The number of thiazole rings is 1. The Kier molecular flexibility index (Phi) is 5.19. The van der Waals surface area contributed by atoms with Crippen molar-refractivity contribution in [3.63, 3.8) is 0 Å². The molecule has 1 aromatic carbocycles. The van der Waals surface area contributed by atoms with Gasteiger partial charge in [-0.3, -0.25) is 14.2 Å². The molecule has 1 heterocycles. The minimum Gasteiger partial charge on any atom is -0.489 e. The highest BCUT2D eigenvalue weighted by atomic mass is 32.1. The molecule has 0 saturated carbocycles. The van der Waals surface area contributed by atoms with E-state index in [1.807, 2.05) is 19.9 Å². The fraction of sp³-hybridized carbons (Fsp3) is 0.312. The van der Waals surface area contributed by atoms with Gasteiger partial charge in [-0.2, -0.15) is 5.26 Å². The first-order valence-corrected chi connectivity index (χ1v) is 7.94. The number of nitrogens with zero attached hydrogens (tertiary/aromatic N) is 2. The lowest BCUT2D eigenvalue weighted by Gasteiger charge is -2.15. The first-order valence-electron chi connectivity index (χ1n) is 7.06. The van der Waals surface area contributed by atoms with Crippen molar-refractivity contribution >= 4 is 22.9 Å². The number of benzene rings is 1. The average Bonchev–Trinajstić information content (AvgIpc) is 2.80. The molecule has 7 heteroatoms. The molecule has 0 unspecified atom stereocenters. The van der Waals surface area contributed by atoms with Crippen molar-refractivity contribution in [1.29, 1.82) is 5.26 Å².